The van der Waals surface area contributed by atoms with Gasteiger partial charge in [-0.25, -0.2) is 0 Å². The molecule has 0 bridgehead atoms. The van der Waals surface area contributed by atoms with Crippen LogP contribution in [0.2, 0.25) is 0 Å². The molecule has 1 amide bonds. The van der Waals surface area contributed by atoms with E-state index in [1.807, 2.05) is 18.4 Å². The number of carbonyl (C=O) groups is 2. The lowest BCUT2D eigenvalue weighted by molar-refractivity contribution is -0.122. The third-order valence-corrected chi connectivity index (χ3v) is 4.41. The summed E-state index contributed by atoms with van der Waals surface area (Å²) in [4.78, 5) is 24.6. The van der Waals surface area contributed by atoms with E-state index in [9.17, 15) is 9.59 Å². The van der Waals surface area contributed by atoms with E-state index in [1.165, 1.54) is 18.0 Å². The molecule has 2 heterocycles. The number of rotatable bonds is 5. The Morgan fingerprint density at radius 2 is 2.17 bits per heavy atom. The van der Waals surface area contributed by atoms with Crippen LogP contribution in [-0.4, -0.2) is 17.2 Å². The van der Waals surface area contributed by atoms with Crippen molar-refractivity contribution in [1.82, 2.24) is 10.6 Å². The zero-order valence-electron chi connectivity index (χ0n) is 12.5. The van der Waals surface area contributed by atoms with Crippen molar-refractivity contribution in [2.75, 3.05) is 0 Å². The first-order valence-electron chi connectivity index (χ1n) is 7.20. The largest absolute Gasteiger partial charge is 0.461 e. The van der Waals surface area contributed by atoms with Crippen molar-refractivity contribution in [3.8, 4) is 0 Å². The molecule has 5 nitrogen and oxygen atoms in total. The van der Waals surface area contributed by atoms with E-state index >= 15 is 0 Å². The molecule has 1 unspecified atom stereocenters. The summed E-state index contributed by atoms with van der Waals surface area (Å²) < 4.78 is 5.14. The number of nitrogens with one attached hydrogen (secondary N) is 2. The van der Waals surface area contributed by atoms with Crippen molar-refractivity contribution >= 4 is 23.5 Å². The standard InChI is InChI=1S/C17H16N2O3S/c1-11(16(21)19-17-18-7-9-23-17)12-4-2-5-13(10-12)15(20)14-6-3-8-22-14/h2-11,17-18H,1H3,(H,19,21)/t11?,17-/m1/s1. The smallest absolute Gasteiger partial charge is 0.229 e. The Balaban J connectivity index is 1.73. The van der Waals surface area contributed by atoms with Gasteiger partial charge in [-0.15, -0.1) is 0 Å². The lowest BCUT2D eigenvalue weighted by atomic mass is 9.96. The van der Waals surface area contributed by atoms with Gasteiger partial charge in [0.2, 0.25) is 11.7 Å². The van der Waals surface area contributed by atoms with Crippen LogP contribution in [0.1, 0.15) is 34.5 Å². The van der Waals surface area contributed by atoms with Crippen LogP contribution in [-0.2, 0) is 4.79 Å². The summed E-state index contributed by atoms with van der Waals surface area (Å²) in [6.07, 6.45) is 3.26. The molecule has 0 fully saturated rings. The minimum atomic E-state index is -0.359. The van der Waals surface area contributed by atoms with Crippen molar-refractivity contribution in [2.45, 2.75) is 18.3 Å². The van der Waals surface area contributed by atoms with Gasteiger partial charge in [-0.1, -0.05) is 30.0 Å². The maximum atomic E-state index is 12.3. The van der Waals surface area contributed by atoms with Crippen LogP contribution in [0.15, 0.2) is 58.7 Å². The highest BCUT2D eigenvalue weighted by Gasteiger charge is 2.21. The number of carbonyl (C=O) groups excluding carboxylic acids is 2. The Hall–Kier alpha value is -2.47. The molecule has 6 heteroatoms. The number of amides is 1. The second kappa shape index (κ2) is 6.75. The number of hydrogen-bond acceptors (Lipinski definition) is 5. The van der Waals surface area contributed by atoms with E-state index in [2.05, 4.69) is 10.6 Å². The van der Waals surface area contributed by atoms with Crippen LogP contribution in [0.5, 0.6) is 0 Å². The van der Waals surface area contributed by atoms with E-state index in [0.29, 0.717) is 5.56 Å². The van der Waals surface area contributed by atoms with Gasteiger partial charge in [-0.2, -0.15) is 0 Å². The molecule has 0 spiro atoms. The number of thioether (sulfide) groups is 1. The molecule has 2 atom stereocenters. The normalized spacial score (nSPS) is 17.5. The quantitative estimate of drug-likeness (QED) is 0.826. The van der Waals surface area contributed by atoms with Crippen molar-refractivity contribution < 1.29 is 14.0 Å². The van der Waals surface area contributed by atoms with E-state index in [-0.39, 0.29) is 28.9 Å². The van der Waals surface area contributed by atoms with E-state index in [1.54, 1.807) is 36.5 Å². The number of benzene rings is 1. The van der Waals surface area contributed by atoms with Crippen LogP contribution in [0, 0.1) is 0 Å². The SMILES string of the molecule is CC(C(=O)N[C@H]1NC=CS1)c1cccc(C(=O)c2ccco2)c1. The molecule has 23 heavy (non-hydrogen) atoms. The Morgan fingerprint density at radius 1 is 1.30 bits per heavy atom. The molecule has 0 saturated heterocycles. The number of hydrogen-bond donors (Lipinski definition) is 2. The third-order valence-electron chi connectivity index (χ3n) is 3.59. The second-order valence-corrected chi connectivity index (χ2v) is 6.16. The average molecular weight is 328 g/mol. The van der Waals surface area contributed by atoms with Gasteiger partial charge < -0.3 is 15.1 Å². The molecular weight excluding hydrogens is 312 g/mol. The minimum absolute atomic E-state index is 0.0960. The summed E-state index contributed by atoms with van der Waals surface area (Å²) in [5, 5.41) is 7.81. The van der Waals surface area contributed by atoms with Crippen LogP contribution in [0.25, 0.3) is 0 Å². The van der Waals surface area contributed by atoms with Gasteiger partial charge in [0.05, 0.1) is 12.2 Å². The highest BCUT2D eigenvalue weighted by atomic mass is 32.2. The average Bonchev–Trinajstić information content (AvgIpc) is 3.27. The zero-order valence-corrected chi connectivity index (χ0v) is 13.3. The van der Waals surface area contributed by atoms with Gasteiger partial charge in [-0.3, -0.25) is 9.59 Å². The summed E-state index contributed by atoms with van der Waals surface area (Å²) >= 11 is 1.50. The van der Waals surface area contributed by atoms with Gasteiger partial charge in [0.25, 0.3) is 0 Å². The first kappa shape index (κ1) is 15.4. The first-order chi connectivity index (χ1) is 11.1. The monoisotopic (exact) mass is 328 g/mol. The molecule has 1 aromatic carbocycles. The fourth-order valence-corrected chi connectivity index (χ4v) is 2.92. The lowest BCUT2D eigenvalue weighted by Gasteiger charge is -2.17. The minimum Gasteiger partial charge on any atom is -0.461 e. The Kier molecular flexibility index (Phi) is 4.52. The summed E-state index contributed by atoms with van der Waals surface area (Å²) in [5.74, 6) is -0.359. The van der Waals surface area contributed by atoms with Crippen LogP contribution >= 0.6 is 11.8 Å². The summed E-state index contributed by atoms with van der Waals surface area (Å²) in [6, 6.07) is 10.4. The molecule has 2 aromatic rings. The Labute approximate surface area is 138 Å². The summed E-state index contributed by atoms with van der Waals surface area (Å²) in [6.45, 7) is 1.82. The fraction of sp³-hybridized carbons (Fsp3) is 0.176. The molecular formula is C17H16N2O3S. The maximum absolute atomic E-state index is 12.3. The second-order valence-electron chi connectivity index (χ2n) is 5.15. The van der Waals surface area contributed by atoms with Gasteiger partial charge >= 0.3 is 0 Å². The van der Waals surface area contributed by atoms with Crippen molar-refractivity contribution in [3.05, 3.63) is 71.2 Å². The van der Waals surface area contributed by atoms with Crippen molar-refractivity contribution in [3.63, 3.8) is 0 Å². The van der Waals surface area contributed by atoms with Crippen LogP contribution < -0.4 is 10.6 Å². The van der Waals surface area contributed by atoms with Crippen LogP contribution in [0.4, 0.5) is 0 Å². The van der Waals surface area contributed by atoms with Gasteiger partial charge in [0, 0.05) is 11.8 Å². The van der Waals surface area contributed by atoms with Gasteiger partial charge in [0.1, 0.15) is 0 Å². The molecule has 3 rings (SSSR count). The van der Waals surface area contributed by atoms with Crippen LogP contribution in [0.3, 0.4) is 0 Å². The first-order valence-corrected chi connectivity index (χ1v) is 8.14. The highest BCUT2D eigenvalue weighted by molar-refractivity contribution is 8.02. The third kappa shape index (κ3) is 3.48. The highest BCUT2D eigenvalue weighted by Crippen LogP contribution is 2.20. The van der Waals surface area contributed by atoms with Crippen molar-refractivity contribution in [2.24, 2.45) is 0 Å². The van der Waals surface area contributed by atoms with E-state index in [0.717, 1.165) is 5.56 Å². The predicted octanol–water partition coefficient (Wildman–Crippen LogP) is 2.82. The Bertz CT molecular complexity index is 732. The molecule has 0 aliphatic carbocycles. The molecule has 1 aliphatic heterocycles. The molecule has 1 aliphatic rings. The predicted molar refractivity (Wildman–Crippen MR) is 88.8 cm³/mol. The topological polar surface area (TPSA) is 71.3 Å². The molecule has 0 radical (unpaired) electrons. The molecule has 0 saturated carbocycles. The molecule has 118 valence electrons. The number of furan rings is 1. The number of ketones is 1. The Morgan fingerprint density at radius 3 is 2.87 bits per heavy atom. The van der Waals surface area contributed by atoms with E-state index in [4.69, 9.17) is 4.42 Å². The molecule has 2 N–H and O–H groups in total. The fourth-order valence-electron chi connectivity index (χ4n) is 2.26. The van der Waals surface area contributed by atoms with E-state index < -0.39 is 0 Å². The van der Waals surface area contributed by atoms with Gasteiger partial charge in [-0.05, 0) is 36.1 Å². The van der Waals surface area contributed by atoms with Gasteiger partial charge in [0.15, 0.2) is 11.3 Å². The zero-order chi connectivity index (χ0) is 16.2. The summed E-state index contributed by atoms with van der Waals surface area (Å²) in [7, 11) is 0. The molecule has 1 aromatic heterocycles. The summed E-state index contributed by atoms with van der Waals surface area (Å²) in [5.41, 5.74) is 1.15. The van der Waals surface area contributed by atoms with Crippen molar-refractivity contribution in [1.29, 1.82) is 0 Å². The maximum Gasteiger partial charge on any atom is 0.229 e. The lowest BCUT2D eigenvalue weighted by Crippen LogP contribution is -2.40.